The van der Waals surface area contributed by atoms with Crippen molar-refractivity contribution in [2.24, 2.45) is 0 Å². The molecule has 20 heavy (non-hydrogen) atoms. The van der Waals surface area contributed by atoms with Crippen LogP contribution < -0.4 is 15.8 Å². The van der Waals surface area contributed by atoms with E-state index in [2.05, 4.69) is 5.32 Å². The van der Waals surface area contributed by atoms with Gasteiger partial charge in [-0.25, -0.2) is 0 Å². The number of carbonyl (C=O) groups excluding carboxylic acids is 1. The number of benzene rings is 2. The average molecular weight is 288 g/mol. The Morgan fingerprint density at radius 1 is 1.20 bits per heavy atom. The molecule has 104 valence electrons. The molecule has 0 unspecified atom stereocenters. The Hall–Kier alpha value is -2.14. The summed E-state index contributed by atoms with van der Waals surface area (Å²) in [7, 11) is 1.58. The smallest absolute Gasteiger partial charge is 0.254 e. The van der Waals surface area contributed by atoms with Crippen LogP contribution in [-0.2, 0) is 0 Å². The summed E-state index contributed by atoms with van der Waals surface area (Å²) >= 11 is 1.66. The van der Waals surface area contributed by atoms with Crippen molar-refractivity contribution >= 4 is 23.4 Å². The van der Waals surface area contributed by atoms with Crippen molar-refractivity contribution in [2.45, 2.75) is 4.90 Å². The summed E-state index contributed by atoms with van der Waals surface area (Å²) in [5, 5.41) is 2.58. The standard InChI is InChI=1S/C15H16N2O2S/c1-17-15(18)13-8-3-10(16)9-14(13)19-11-4-6-12(20-2)7-5-11/h3-9H,16H2,1-2H3,(H,17,18). The molecule has 0 heterocycles. The highest BCUT2D eigenvalue weighted by molar-refractivity contribution is 7.98. The molecule has 0 aliphatic rings. The van der Waals surface area contributed by atoms with E-state index in [1.54, 1.807) is 37.0 Å². The summed E-state index contributed by atoms with van der Waals surface area (Å²) in [6.45, 7) is 0. The second-order valence-corrected chi connectivity index (χ2v) is 4.99. The number of nitrogen functional groups attached to an aromatic ring is 1. The van der Waals surface area contributed by atoms with Crippen LogP contribution in [0.5, 0.6) is 11.5 Å². The number of carbonyl (C=O) groups is 1. The Bertz CT molecular complexity index is 612. The van der Waals surface area contributed by atoms with Crippen LogP contribution >= 0.6 is 11.8 Å². The van der Waals surface area contributed by atoms with Crippen LogP contribution in [0.25, 0.3) is 0 Å². The van der Waals surface area contributed by atoms with E-state index in [0.717, 1.165) is 4.90 Å². The summed E-state index contributed by atoms with van der Waals surface area (Å²) in [5.74, 6) is 0.903. The highest BCUT2D eigenvalue weighted by Crippen LogP contribution is 2.28. The summed E-state index contributed by atoms with van der Waals surface area (Å²) < 4.78 is 5.76. The zero-order valence-electron chi connectivity index (χ0n) is 11.3. The molecule has 2 aromatic rings. The van der Waals surface area contributed by atoms with Gasteiger partial charge in [0.15, 0.2) is 0 Å². The van der Waals surface area contributed by atoms with E-state index in [-0.39, 0.29) is 5.91 Å². The molecule has 3 N–H and O–H groups in total. The lowest BCUT2D eigenvalue weighted by molar-refractivity contribution is 0.0961. The van der Waals surface area contributed by atoms with E-state index in [1.165, 1.54) is 0 Å². The Morgan fingerprint density at radius 3 is 2.50 bits per heavy atom. The molecule has 0 aliphatic carbocycles. The summed E-state index contributed by atoms with van der Waals surface area (Å²) in [6.07, 6.45) is 2.01. The van der Waals surface area contributed by atoms with Gasteiger partial charge in [0.1, 0.15) is 11.5 Å². The first-order valence-electron chi connectivity index (χ1n) is 6.07. The summed E-state index contributed by atoms with van der Waals surface area (Å²) in [4.78, 5) is 13.0. The van der Waals surface area contributed by atoms with Gasteiger partial charge in [-0.15, -0.1) is 11.8 Å². The maximum Gasteiger partial charge on any atom is 0.254 e. The predicted octanol–water partition coefficient (Wildman–Crippen LogP) is 3.14. The van der Waals surface area contributed by atoms with Crippen LogP contribution in [0.3, 0.4) is 0 Å². The lowest BCUT2D eigenvalue weighted by atomic mass is 10.1. The second kappa shape index (κ2) is 6.34. The lowest BCUT2D eigenvalue weighted by Gasteiger charge is -2.11. The largest absolute Gasteiger partial charge is 0.456 e. The van der Waals surface area contributed by atoms with E-state index >= 15 is 0 Å². The van der Waals surface area contributed by atoms with Crippen molar-refractivity contribution in [3.05, 3.63) is 48.0 Å². The van der Waals surface area contributed by atoms with Crippen molar-refractivity contribution in [3.63, 3.8) is 0 Å². The molecular formula is C15H16N2O2S. The van der Waals surface area contributed by atoms with Crippen LogP contribution in [0.4, 0.5) is 5.69 Å². The number of nitrogens with two attached hydrogens (primary N) is 1. The van der Waals surface area contributed by atoms with Gasteiger partial charge >= 0.3 is 0 Å². The number of ether oxygens (including phenoxy) is 1. The molecular weight excluding hydrogens is 272 g/mol. The number of hydrogen-bond acceptors (Lipinski definition) is 4. The third kappa shape index (κ3) is 3.24. The quantitative estimate of drug-likeness (QED) is 0.670. The molecule has 4 nitrogen and oxygen atoms in total. The minimum Gasteiger partial charge on any atom is -0.456 e. The van der Waals surface area contributed by atoms with E-state index in [4.69, 9.17) is 10.5 Å². The van der Waals surface area contributed by atoms with Crippen LogP contribution in [0.2, 0.25) is 0 Å². The number of rotatable bonds is 4. The van der Waals surface area contributed by atoms with Crippen LogP contribution in [-0.4, -0.2) is 19.2 Å². The molecule has 0 aromatic heterocycles. The fourth-order valence-electron chi connectivity index (χ4n) is 1.72. The minimum atomic E-state index is -0.208. The molecule has 2 aromatic carbocycles. The fraction of sp³-hybridized carbons (Fsp3) is 0.133. The molecule has 0 fully saturated rings. The Balaban J connectivity index is 2.31. The van der Waals surface area contributed by atoms with E-state index in [1.807, 2.05) is 30.5 Å². The van der Waals surface area contributed by atoms with Crippen molar-refractivity contribution in [1.82, 2.24) is 5.32 Å². The number of anilines is 1. The average Bonchev–Trinajstić information content (AvgIpc) is 2.47. The first-order valence-corrected chi connectivity index (χ1v) is 7.30. The summed E-state index contributed by atoms with van der Waals surface area (Å²) in [5.41, 5.74) is 6.76. The van der Waals surface area contributed by atoms with Gasteiger partial charge in [0, 0.05) is 23.7 Å². The molecule has 1 amide bonds. The first-order chi connectivity index (χ1) is 9.63. The number of amides is 1. The monoisotopic (exact) mass is 288 g/mol. The lowest BCUT2D eigenvalue weighted by Crippen LogP contribution is -2.18. The Morgan fingerprint density at radius 2 is 1.90 bits per heavy atom. The van der Waals surface area contributed by atoms with Crippen molar-refractivity contribution in [1.29, 1.82) is 0 Å². The molecule has 2 rings (SSSR count). The van der Waals surface area contributed by atoms with Crippen molar-refractivity contribution in [3.8, 4) is 11.5 Å². The molecule has 0 saturated heterocycles. The highest BCUT2D eigenvalue weighted by Gasteiger charge is 2.12. The van der Waals surface area contributed by atoms with Crippen LogP contribution in [0.1, 0.15) is 10.4 Å². The third-order valence-corrected chi connectivity index (χ3v) is 3.51. The molecule has 5 heteroatoms. The zero-order valence-corrected chi connectivity index (χ0v) is 12.2. The summed E-state index contributed by atoms with van der Waals surface area (Å²) in [6, 6.07) is 12.6. The molecule has 0 bridgehead atoms. The molecule has 0 spiro atoms. The first kappa shape index (κ1) is 14.3. The highest BCUT2D eigenvalue weighted by atomic mass is 32.2. The van der Waals surface area contributed by atoms with Gasteiger partial charge in [-0.1, -0.05) is 0 Å². The van der Waals surface area contributed by atoms with E-state index < -0.39 is 0 Å². The third-order valence-electron chi connectivity index (χ3n) is 2.76. The SMILES string of the molecule is CNC(=O)c1ccc(N)cc1Oc1ccc(SC)cc1. The normalized spacial score (nSPS) is 10.1. The van der Waals surface area contributed by atoms with Gasteiger partial charge in [-0.3, -0.25) is 4.79 Å². The van der Waals surface area contributed by atoms with E-state index in [9.17, 15) is 4.79 Å². The van der Waals surface area contributed by atoms with Crippen LogP contribution in [0.15, 0.2) is 47.4 Å². The van der Waals surface area contributed by atoms with Gasteiger partial charge < -0.3 is 15.8 Å². The Labute approximate surface area is 122 Å². The van der Waals surface area contributed by atoms with Gasteiger partial charge in [-0.05, 0) is 42.7 Å². The molecule has 0 saturated carbocycles. The number of thioether (sulfide) groups is 1. The maximum absolute atomic E-state index is 11.8. The van der Waals surface area contributed by atoms with Crippen molar-refractivity contribution in [2.75, 3.05) is 19.0 Å². The van der Waals surface area contributed by atoms with E-state index in [0.29, 0.717) is 22.7 Å². The second-order valence-electron chi connectivity index (χ2n) is 4.11. The van der Waals surface area contributed by atoms with Gasteiger partial charge in [-0.2, -0.15) is 0 Å². The van der Waals surface area contributed by atoms with Crippen molar-refractivity contribution < 1.29 is 9.53 Å². The predicted molar refractivity (Wildman–Crippen MR) is 82.5 cm³/mol. The number of nitrogens with one attached hydrogen (secondary N) is 1. The van der Waals surface area contributed by atoms with Gasteiger partial charge in [0.2, 0.25) is 0 Å². The topological polar surface area (TPSA) is 64.4 Å². The van der Waals surface area contributed by atoms with Gasteiger partial charge in [0.25, 0.3) is 5.91 Å². The maximum atomic E-state index is 11.8. The molecule has 0 aliphatic heterocycles. The Kier molecular flexibility index (Phi) is 4.53. The molecule has 0 radical (unpaired) electrons. The number of hydrogen-bond donors (Lipinski definition) is 2. The zero-order chi connectivity index (χ0) is 14.5. The molecule has 0 atom stereocenters. The minimum absolute atomic E-state index is 0.208. The van der Waals surface area contributed by atoms with Crippen LogP contribution in [0, 0.1) is 0 Å². The fourth-order valence-corrected chi connectivity index (χ4v) is 2.12. The van der Waals surface area contributed by atoms with Gasteiger partial charge in [0.05, 0.1) is 5.56 Å².